The maximum absolute atomic E-state index is 12.6. The van der Waals surface area contributed by atoms with E-state index in [0.29, 0.717) is 5.06 Å². The molecule has 3 atom stereocenters. The molecule has 0 aromatic heterocycles. The molecule has 166 valence electrons. The van der Waals surface area contributed by atoms with Gasteiger partial charge in [0.1, 0.15) is 5.84 Å². The lowest BCUT2D eigenvalue weighted by atomic mass is 10.0. The number of hydroxylamine groups is 2. The van der Waals surface area contributed by atoms with Crippen LogP contribution in [0.3, 0.4) is 0 Å². The molecule has 3 fully saturated rings. The van der Waals surface area contributed by atoms with Gasteiger partial charge in [-0.15, -0.1) is 8.68 Å². The number of amides is 2. The van der Waals surface area contributed by atoms with Crippen LogP contribution in [0.2, 0.25) is 0 Å². The summed E-state index contributed by atoms with van der Waals surface area (Å²) < 4.78 is 87.8. The zero-order chi connectivity index (χ0) is 21.8. The van der Waals surface area contributed by atoms with E-state index in [0.717, 1.165) is 15.5 Å². The van der Waals surface area contributed by atoms with Crippen LogP contribution >= 0.6 is 0 Å². The van der Waals surface area contributed by atoms with Gasteiger partial charge in [0, 0.05) is 19.6 Å². The molecule has 0 saturated carbocycles. The molecule has 1 unspecified atom stereocenters. The first-order valence-corrected chi connectivity index (χ1v) is 13.2. The van der Waals surface area contributed by atoms with Crippen molar-refractivity contribution in [3.63, 3.8) is 0 Å². The smallest absolute Gasteiger partial charge is 0.385 e. The van der Waals surface area contributed by atoms with Gasteiger partial charge in [-0.05, 0) is 19.3 Å². The van der Waals surface area contributed by atoms with Gasteiger partial charge in [-0.1, -0.05) is 0 Å². The highest BCUT2D eigenvalue weighted by atomic mass is 32.3. The van der Waals surface area contributed by atoms with E-state index >= 15 is 0 Å². The topological polar surface area (TPSA) is 197 Å². The molecule has 3 rings (SSSR count). The van der Waals surface area contributed by atoms with Gasteiger partial charge in [-0.25, -0.2) is 25.9 Å². The summed E-state index contributed by atoms with van der Waals surface area (Å²) in [7, 11) is -12.6. The van der Waals surface area contributed by atoms with Crippen LogP contribution in [0, 0.1) is 0 Å². The number of fused-ring (bicyclic) bond motifs is 2. The van der Waals surface area contributed by atoms with Crippen molar-refractivity contribution in [1.29, 1.82) is 0 Å². The Morgan fingerprint density at radius 1 is 1.14 bits per heavy atom. The minimum absolute atomic E-state index is 0.0145. The lowest BCUT2D eigenvalue weighted by Gasteiger charge is -2.29. The number of sulfonamides is 2. The molecular weight excluding hydrogens is 454 g/mol. The Hall–Kier alpha value is -1.53. The average Bonchev–Trinajstić information content (AvgIpc) is 3.15. The van der Waals surface area contributed by atoms with E-state index in [1.54, 1.807) is 0 Å². The summed E-state index contributed by atoms with van der Waals surface area (Å²) in [6, 6.07) is -2.45. The van der Waals surface area contributed by atoms with E-state index in [1.807, 2.05) is 0 Å². The van der Waals surface area contributed by atoms with Gasteiger partial charge >= 0.3 is 16.4 Å². The average molecular weight is 476 g/mol. The number of nitrogens with two attached hydrogens (primary N) is 1. The van der Waals surface area contributed by atoms with Gasteiger partial charge in [0.15, 0.2) is 0 Å². The number of rotatable bonds is 6. The fourth-order valence-corrected chi connectivity index (χ4v) is 6.37. The number of hydrogen-bond acceptors (Lipinski definition) is 8. The molecule has 0 aliphatic carbocycles. The molecule has 0 aromatic carbocycles. The summed E-state index contributed by atoms with van der Waals surface area (Å²) in [5, 5.41) is -0.543. The molecule has 3 saturated heterocycles. The summed E-state index contributed by atoms with van der Waals surface area (Å²) in [5.41, 5.74) is 5.86. The van der Waals surface area contributed by atoms with Crippen molar-refractivity contribution in [2.75, 3.05) is 25.9 Å². The molecule has 14 nitrogen and oxygen atoms in total. The monoisotopic (exact) mass is 475 g/mol. The zero-order valence-electron chi connectivity index (χ0n) is 15.3. The van der Waals surface area contributed by atoms with E-state index in [4.69, 9.17) is 10.3 Å². The minimum atomic E-state index is -4.91. The Kier molecular flexibility index (Phi) is 5.59. The summed E-state index contributed by atoms with van der Waals surface area (Å²) in [4.78, 5) is 13.5. The SMILES string of the molecule is CS(=O)(=O)N1CCC(S(=O)(=O)/N=C(\N)[C@@H]2CC[C@@H]3CN2C(=O)N3OS(=O)(=O)O)C1. The standard InChI is InChI=1S/C12H21N5O9S3/c1-27(19,20)15-5-4-9(7-15)28(21,22)14-11(13)10-3-2-8-6-16(10)12(18)17(8)26-29(23,24)25/h8-10H,2-7H2,1H3,(H2,13,14)(H,23,24,25)/t8-,9?,10+/m1/s1. The van der Waals surface area contributed by atoms with Crippen molar-refractivity contribution in [3.05, 3.63) is 0 Å². The maximum atomic E-state index is 12.6. The number of amidine groups is 1. The molecule has 3 aliphatic heterocycles. The van der Waals surface area contributed by atoms with E-state index in [9.17, 15) is 30.0 Å². The van der Waals surface area contributed by atoms with Gasteiger partial charge in [0.2, 0.25) is 10.0 Å². The molecule has 2 amide bonds. The Balaban J connectivity index is 1.76. The van der Waals surface area contributed by atoms with Crippen molar-refractivity contribution in [3.8, 4) is 0 Å². The molecule has 3 aliphatic rings. The fourth-order valence-electron chi connectivity index (χ4n) is 3.66. The summed E-state index contributed by atoms with van der Waals surface area (Å²) in [6.07, 6.45) is 1.49. The van der Waals surface area contributed by atoms with Gasteiger partial charge in [0.25, 0.3) is 10.0 Å². The Labute approximate surface area is 168 Å². The first-order valence-electron chi connectivity index (χ1n) is 8.50. The van der Waals surface area contributed by atoms with Gasteiger partial charge in [-0.3, -0.25) is 4.55 Å². The summed E-state index contributed by atoms with van der Waals surface area (Å²) in [6.45, 7) is -0.167. The van der Waals surface area contributed by atoms with Crippen LogP contribution in [-0.4, -0.2) is 99.2 Å². The number of carbonyl (C=O) groups is 1. The minimum Gasteiger partial charge on any atom is -0.385 e. The molecule has 0 radical (unpaired) electrons. The number of urea groups is 1. The van der Waals surface area contributed by atoms with Crippen LogP contribution in [0.1, 0.15) is 19.3 Å². The predicted octanol–water partition coefficient (Wildman–Crippen LogP) is -2.29. The molecule has 0 spiro atoms. The normalized spacial score (nSPS) is 29.7. The molecular formula is C12H21N5O9S3. The number of piperidine rings is 1. The highest BCUT2D eigenvalue weighted by molar-refractivity contribution is 7.91. The second-order valence-electron chi connectivity index (χ2n) is 7.07. The van der Waals surface area contributed by atoms with Gasteiger partial charge in [-0.2, -0.15) is 13.5 Å². The van der Waals surface area contributed by atoms with Crippen LogP contribution in [0.5, 0.6) is 0 Å². The van der Waals surface area contributed by atoms with Crippen LogP contribution in [0.15, 0.2) is 4.40 Å². The summed E-state index contributed by atoms with van der Waals surface area (Å²) in [5.74, 6) is -0.358. The van der Waals surface area contributed by atoms with Gasteiger partial charge in [0.05, 0.1) is 23.6 Å². The molecule has 17 heteroatoms. The molecule has 0 aromatic rings. The number of hydrogen-bond donors (Lipinski definition) is 2. The summed E-state index contributed by atoms with van der Waals surface area (Å²) >= 11 is 0. The van der Waals surface area contributed by atoms with Crippen molar-refractivity contribution in [2.24, 2.45) is 10.1 Å². The highest BCUT2D eigenvalue weighted by Crippen LogP contribution is 2.31. The fraction of sp³-hybridized carbons (Fsp3) is 0.833. The molecule has 3 N–H and O–H groups in total. The first-order chi connectivity index (χ1) is 13.2. The van der Waals surface area contributed by atoms with Crippen molar-refractivity contribution in [1.82, 2.24) is 14.3 Å². The quantitative estimate of drug-likeness (QED) is 0.239. The Bertz CT molecular complexity index is 1040. The second kappa shape index (κ2) is 7.31. The van der Waals surface area contributed by atoms with Crippen LogP contribution in [-0.2, 0) is 34.7 Å². The van der Waals surface area contributed by atoms with Crippen LogP contribution in [0.25, 0.3) is 0 Å². The van der Waals surface area contributed by atoms with Crippen molar-refractivity contribution < 1.29 is 38.9 Å². The predicted molar refractivity (Wildman–Crippen MR) is 98.7 cm³/mol. The van der Waals surface area contributed by atoms with E-state index in [-0.39, 0.29) is 44.7 Å². The third-order valence-electron chi connectivity index (χ3n) is 5.07. The lowest BCUT2D eigenvalue weighted by molar-refractivity contribution is -0.0316. The van der Waals surface area contributed by atoms with E-state index in [2.05, 4.69) is 8.68 Å². The Morgan fingerprint density at radius 3 is 2.34 bits per heavy atom. The van der Waals surface area contributed by atoms with Crippen molar-refractivity contribution in [2.45, 2.75) is 36.6 Å². The second-order valence-corrected chi connectivity index (χ2v) is 11.9. The lowest BCUT2D eigenvalue weighted by Crippen LogP contribution is -2.48. The van der Waals surface area contributed by atoms with E-state index < -0.39 is 53.8 Å². The first kappa shape index (κ1) is 22.2. The van der Waals surface area contributed by atoms with Crippen molar-refractivity contribution >= 4 is 42.3 Å². The highest BCUT2D eigenvalue weighted by Gasteiger charge is 2.48. The van der Waals surface area contributed by atoms with E-state index in [1.165, 1.54) is 0 Å². The molecule has 29 heavy (non-hydrogen) atoms. The number of carbonyl (C=O) groups excluding carboxylic acids is 1. The third kappa shape index (κ3) is 4.64. The largest absolute Gasteiger partial charge is 0.418 e. The zero-order valence-corrected chi connectivity index (χ0v) is 17.7. The molecule has 3 heterocycles. The van der Waals surface area contributed by atoms with Gasteiger partial charge < -0.3 is 10.6 Å². The maximum Gasteiger partial charge on any atom is 0.418 e. The Morgan fingerprint density at radius 2 is 1.79 bits per heavy atom. The van der Waals surface area contributed by atoms with Crippen LogP contribution < -0.4 is 5.73 Å². The third-order valence-corrected chi connectivity index (χ3v) is 8.38. The number of nitrogens with zero attached hydrogens (tertiary/aromatic N) is 4. The van der Waals surface area contributed by atoms with Crippen LogP contribution in [0.4, 0.5) is 4.79 Å². The molecule has 2 bridgehead atoms.